The molecule has 9 heteroatoms. The zero-order valence-electron chi connectivity index (χ0n) is 18.8. The van der Waals surface area contributed by atoms with Crippen LogP contribution in [0.25, 0.3) is 0 Å². The van der Waals surface area contributed by atoms with Crippen molar-refractivity contribution in [2.75, 3.05) is 5.75 Å². The molecule has 1 atom stereocenters. The van der Waals surface area contributed by atoms with Crippen molar-refractivity contribution in [2.24, 2.45) is 5.73 Å². The Morgan fingerprint density at radius 2 is 1.65 bits per heavy atom. The highest BCUT2D eigenvalue weighted by Gasteiger charge is 2.26. The second kappa shape index (κ2) is 9.47. The van der Waals surface area contributed by atoms with Crippen LogP contribution in [-0.4, -0.2) is 45.3 Å². The van der Waals surface area contributed by atoms with Crippen LogP contribution in [0.2, 0.25) is 0 Å². The molecule has 0 saturated heterocycles. The molecule has 8 nitrogen and oxygen atoms in total. The van der Waals surface area contributed by atoms with Crippen molar-refractivity contribution < 1.29 is 23.9 Å². The van der Waals surface area contributed by atoms with Gasteiger partial charge >= 0.3 is 5.97 Å². The first-order valence-electron chi connectivity index (χ1n) is 9.70. The first-order chi connectivity index (χ1) is 14.4. The molecule has 0 aliphatic carbocycles. The fourth-order valence-electron chi connectivity index (χ4n) is 3.45. The Hall–Kier alpha value is -2.94. The van der Waals surface area contributed by atoms with E-state index in [0.29, 0.717) is 21.8 Å². The van der Waals surface area contributed by atoms with E-state index in [1.165, 1.54) is 13.8 Å². The number of ketones is 2. The van der Waals surface area contributed by atoms with Gasteiger partial charge in [-0.25, -0.2) is 4.98 Å². The number of hydrogen-bond donors (Lipinski definition) is 2. The third-order valence-electron chi connectivity index (χ3n) is 5.25. The third-order valence-corrected chi connectivity index (χ3v) is 6.20. The van der Waals surface area contributed by atoms with Crippen LogP contribution in [0.1, 0.15) is 73.1 Å². The molecule has 0 saturated carbocycles. The summed E-state index contributed by atoms with van der Waals surface area (Å²) in [6, 6.07) is 0. The van der Waals surface area contributed by atoms with Gasteiger partial charge in [-0.2, -0.15) is 0 Å². The highest BCUT2D eigenvalue weighted by molar-refractivity contribution is 8.00. The number of nitrogens with two attached hydrogens (primary N) is 1. The van der Waals surface area contributed by atoms with E-state index in [1.54, 1.807) is 20.8 Å². The summed E-state index contributed by atoms with van der Waals surface area (Å²) in [6.07, 6.45) is -1.05. The topological polar surface area (TPSA) is 132 Å². The van der Waals surface area contributed by atoms with Gasteiger partial charge in [-0.15, -0.1) is 0 Å². The number of amides is 1. The Bertz CT molecular complexity index is 1090. The van der Waals surface area contributed by atoms with Crippen molar-refractivity contribution in [3.05, 3.63) is 44.9 Å². The maximum Gasteiger partial charge on any atom is 0.317 e. The van der Waals surface area contributed by atoms with Crippen molar-refractivity contribution in [1.82, 2.24) is 9.97 Å². The fourth-order valence-corrected chi connectivity index (χ4v) is 4.37. The smallest absolute Gasteiger partial charge is 0.317 e. The molecule has 2 aromatic heterocycles. The van der Waals surface area contributed by atoms with Gasteiger partial charge in [-0.05, 0) is 65.2 Å². The highest BCUT2D eigenvalue weighted by Crippen LogP contribution is 2.27. The number of nitrogens with one attached hydrogen (secondary N) is 1. The van der Waals surface area contributed by atoms with Gasteiger partial charge in [0.2, 0.25) is 5.78 Å². The molecule has 2 rings (SSSR count). The van der Waals surface area contributed by atoms with Gasteiger partial charge in [0.15, 0.2) is 11.9 Å². The Morgan fingerprint density at radius 1 is 1.03 bits per heavy atom. The Balaban J connectivity index is 2.12. The standard InChI is InChI=1S/C22H27N3O5S/c1-9-10(2)18(21(23)29)22(25-12(9)4)31-8-16(27)30-15(7)20(28)19-11(3)17(14(6)26)13(5)24-19/h15,24H,8H2,1-7H3,(H2,23,29). The second-order valence-electron chi connectivity index (χ2n) is 7.46. The molecular weight excluding hydrogens is 418 g/mol. The predicted octanol–water partition coefficient (Wildman–Crippen LogP) is 3.16. The summed E-state index contributed by atoms with van der Waals surface area (Å²) in [6.45, 7) is 11.7. The number of Topliss-reactive ketones (excluding diaryl/α,β-unsaturated/α-hetero) is 2. The molecule has 1 amide bonds. The van der Waals surface area contributed by atoms with Crippen molar-refractivity contribution in [3.8, 4) is 0 Å². The van der Waals surface area contributed by atoms with E-state index in [1.807, 2.05) is 13.8 Å². The van der Waals surface area contributed by atoms with Gasteiger partial charge in [-0.3, -0.25) is 19.2 Å². The van der Waals surface area contributed by atoms with E-state index in [9.17, 15) is 19.2 Å². The molecule has 0 aliphatic heterocycles. The summed E-state index contributed by atoms with van der Waals surface area (Å²) in [7, 11) is 0. The number of carbonyl (C=O) groups excluding carboxylic acids is 4. The number of nitrogens with zero attached hydrogens (tertiary/aromatic N) is 1. The third kappa shape index (κ3) is 5.04. The average molecular weight is 446 g/mol. The normalized spacial score (nSPS) is 11.8. The number of aromatic nitrogens is 2. The lowest BCUT2D eigenvalue weighted by atomic mass is 10.0. The molecule has 0 aliphatic rings. The summed E-state index contributed by atoms with van der Waals surface area (Å²) < 4.78 is 5.28. The molecule has 1 unspecified atom stereocenters. The fraction of sp³-hybridized carbons (Fsp3) is 0.409. The average Bonchev–Trinajstić information content (AvgIpc) is 2.97. The second-order valence-corrected chi connectivity index (χ2v) is 8.42. The minimum absolute atomic E-state index is 0.145. The number of primary amides is 1. The summed E-state index contributed by atoms with van der Waals surface area (Å²) >= 11 is 1.03. The largest absolute Gasteiger partial charge is 0.454 e. The number of aromatic amines is 1. The van der Waals surface area contributed by atoms with Crippen LogP contribution in [-0.2, 0) is 9.53 Å². The minimum atomic E-state index is -1.05. The molecule has 0 spiro atoms. The first kappa shape index (κ1) is 24.3. The number of thioether (sulfide) groups is 1. The van der Waals surface area contributed by atoms with E-state index in [2.05, 4.69) is 9.97 Å². The lowest BCUT2D eigenvalue weighted by Gasteiger charge is -2.14. The molecule has 31 heavy (non-hydrogen) atoms. The number of pyridine rings is 1. The van der Waals surface area contributed by atoms with Gasteiger partial charge < -0.3 is 15.5 Å². The molecular formula is C22H27N3O5S. The van der Waals surface area contributed by atoms with Crippen LogP contribution in [0, 0.1) is 34.6 Å². The number of ether oxygens (including phenoxy) is 1. The van der Waals surface area contributed by atoms with Gasteiger partial charge in [0.05, 0.1) is 17.0 Å². The lowest BCUT2D eigenvalue weighted by molar-refractivity contribution is -0.143. The molecule has 2 heterocycles. The quantitative estimate of drug-likeness (QED) is 0.362. The zero-order valence-corrected chi connectivity index (χ0v) is 19.6. The van der Waals surface area contributed by atoms with Gasteiger partial charge in [0.1, 0.15) is 5.03 Å². The number of carbonyl (C=O) groups is 4. The SMILES string of the molecule is CC(=O)c1c(C)[nH]c(C(=O)C(C)OC(=O)CSc2nc(C)c(C)c(C)c2C(N)=O)c1C. The molecule has 0 aromatic carbocycles. The molecule has 0 bridgehead atoms. The first-order valence-corrected chi connectivity index (χ1v) is 10.7. The molecule has 2 aromatic rings. The summed E-state index contributed by atoms with van der Waals surface area (Å²) in [4.78, 5) is 56.0. The van der Waals surface area contributed by atoms with Crippen LogP contribution in [0.5, 0.6) is 0 Å². The number of aryl methyl sites for hydroxylation is 2. The van der Waals surface area contributed by atoms with Crippen molar-refractivity contribution >= 4 is 35.2 Å². The van der Waals surface area contributed by atoms with Crippen LogP contribution < -0.4 is 5.73 Å². The molecule has 0 fully saturated rings. The lowest BCUT2D eigenvalue weighted by Crippen LogP contribution is -2.26. The van der Waals surface area contributed by atoms with Gasteiger partial charge in [0.25, 0.3) is 5.91 Å². The Labute approximate surface area is 185 Å². The van der Waals surface area contributed by atoms with Crippen LogP contribution in [0.4, 0.5) is 0 Å². The summed E-state index contributed by atoms with van der Waals surface area (Å²) in [5.41, 5.74) is 9.94. The van der Waals surface area contributed by atoms with E-state index >= 15 is 0 Å². The van der Waals surface area contributed by atoms with Crippen LogP contribution in [0.15, 0.2) is 5.03 Å². The molecule has 0 radical (unpaired) electrons. The van der Waals surface area contributed by atoms with Crippen molar-refractivity contribution in [1.29, 1.82) is 0 Å². The highest BCUT2D eigenvalue weighted by atomic mass is 32.2. The molecule has 166 valence electrons. The maximum atomic E-state index is 12.7. The van der Waals surface area contributed by atoms with E-state index < -0.39 is 23.8 Å². The summed E-state index contributed by atoms with van der Waals surface area (Å²) in [5, 5.41) is 0.353. The Kier molecular flexibility index (Phi) is 7.43. The number of rotatable bonds is 8. The number of hydrogen-bond acceptors (Lipinski definition) is 7. The van der Waals surface area contributed by atoms with Crippen LogP contribution >= 0.6 is 11.8 Å². The minimum Gasteiger partial charge on any atom is -0.454 e. The monoisotopic (exact) mass is 445 g/mol. The van der Waals surface area contributed by atoms with Gasteiger partial charge in [-0.1, -0.05) is 11.8 Å². The zero-order chi connectivity index (χ0) is 23.6. The van der Waals surface area contributed by atoms with Crippen molar-refractivity contribution in [2.45, 2.75) is 59.6 Å². The van der Waals surface area contributed by atoms with E-state index in [-0.39, 0.29) is 22.8 Å². The Morgan fingerprint density at radius 3 is 2.16 bits per heavy atom. The van der Waals surface area contributed by atoms with Gasteiger partial charge in [0, 0.05) is 17.0 Å². The number of esters is 1. The molecule has 3 N–H and O–H groups in total. The maximum absolute atomic E-state index is 12.7. The summed E-state index contributed by atoms with van der Waals surface area (Å²) in [5.74, 6) is -1.97. The van der Waals surface area contributed by atoms with Crippen LogP contribution in [0.3, 0.4) is 0 Å². The van der Waals surface area contributed by atoms with Crippen molar-refractivity contribution in [3.63, 3.8) is 0 Å². The van der Waals surface area contributed by atoms with E-state index in [4.69, 9.17) is 10.5 Å². The predicted molar refractivity (Wildman–Crippen MR) is 118 cm³/mol. The number of H-pyrrole nitrogens is 1. The van der Waals surface area contributed by atoms with E-state index in [0.717, 1.165) is 28.6 Å².